The first kappa shape index (κ1) is 15.2. The SMILES string of the molecule is Cc1nncn1CCNC(=O)C[C@@H](C)c1cccc(F)c1. The van der Waals surface area contributed by atoms with Gasteiger partial charge in [0.15, 0.2) is 0 Å². The molecule has 0 unspecified atom stereocenters. The van der Waals surface area contributed by atoms with E-state index in [4.69, 9.17) is 0 Å². The molecule has 1 N–H and O–H groups in total. The first-order valence-corrected chi connectivity index (χ1v) is 6.93. The minimum absolute atomic E-state index is 0.0163. The lowest BCUT2D eigenvalue weighted by molar-refractivity contribution is -0.121. The van der Waals surface area contributed by atoms with E-state index in [0.29, 0.717) is 19.5 Å². The quantitative estimate of drug-likeness (QED) is 0.885. The predicted molar refractivity (Wildman–Crippen MR) is 77.2 cm³/mol. The van der Waals surface area contributed by atoms with Crippen LogP contribution in [0.1, 0.15) is 30.7 Å². The molecule has 5 nitrogen and oxygen atoms in total. The van der Waals surface area contributed by atoms with Crippen LogP contribution in [0.25, 0.3) is 0 Å². The van der Waals surface area contributed by atoms with Crippen molar-refractivity contribution in [3.63, 3.8) is 0 Å². The Labute approximate surface area is 123 Å². The van der Waals surface area contributed by atoms with E-state index in [9.17, 15) is 9.18 Å². The summed E-state index contributed by atoms with van der Waals surface area (Å²) in [7, 11) is 0. The second-order valence-electron chi connectivity index (χ2n) is 5.08. The van der Waals surface area contributed by atoms with Crippen LogP contribution in [0.15, 0.2) is 30.6 Å². The summed E-state index contributed by atoms with van der Waals surface area (Å²) in [5.41, 5.74) is 0.833. The van der Waals surface area contributed by atoms with Gasteiger partial charge in [0.2, 0.25) is 5.91 Å². The van der Waals surface area contributed by atoms with Crippen molar-refractivity contribution in [2.75, 3.05) is 6.54 Å². The monoisotopic (exact) mass is 290 g/mol. The molecule has 1 heterocycles. The van der Waals surface area contributed by atoms with Crippen LogP contribution in [0.5, 0.6) is 0 Å². The molecule has 0 aliphatic heterocycles. The van der Waals surface area contributed by atoms with E-state index in [0.717, 1.165) is 11.4 Å². The summed E-state index contributed by atoms with van der Waals surface area (Å²) in [4.78, 5) is 11.9. The second-order valence-corrected chi connectivity index (χ2v) is 5.08. The number of hydrogen-bond acceptors (Lipinski definition) is 3. The lowest BCUT2D eigenvalue weighted by atomic mass is 9.97. The number of hydrogen-bond donors (Lipinski definition) is 1. The van der Waals surface area contributed by atoms with Crippen molar-refractivity contribution in [3.8, 4) is 0 Å². The lowest BCUT2D eigenvalue weighted by Crippen LogP contribution is -2.28. The van der Waals surface area contributed by atoms with Crippen molar-refractivity contribution in [1.82, 2.24) is 20.1 Å². The molecule has 0 saturated carbocycles. The molecule has 0 bridgehead atoms. The van der Waals surface area contributed by atoms with Crippen molar-refractivity contribution < 1.29 is 9.18 Å². The molecule has 0 radical (unpaired) electrons. The number of amides is 1. The third-order valence-electron chi connectivity index (χ3n) is 3.39. The maximum absolute atomic E-state index is 13.1. The number of benzene rings is 1. The van der Waals surface area contributed by atoms with Gasteiger partial charge in [0.05, 0.1) is 0 Å². The van der Waals surface area contributed by atoms with Crippen LogP contribution in [0.4, 0.5) is 4.39 Å². The third kappa shape index (κ3) is 4.37. The second kappa shape index (κ2) is 6.97. The molecule has 1 aromatic heterocycles. The Hall–Kier alpha value is -2.24. The predicted octanol–water partition coefficient (Wildman–Crippen LogP) is 2.04. The third-order valence-corrected chi connectivity index (χ3v) is 3.39. The Morgan fingerprint density at radius 2 is 2.29 bits per heavy atom. The highest BCUT2D eigenvalue weighted by Crippen LogP contribution is 2.19. The Morgan fingerprint density at radius 1 is 1.48 bits per heavy atom. The fourth-order valence-electron chi connectivity index (χ4n) is 2.13. The van der Waals surface area contributed by atoms with Gasteiger partial charge in [0.1, 0.15) is 18.0 Å². The Balaban J connectivity index is 1.78. The fourth-order valence-corrected chi connectivity index (χ4v) is 2.13. The first-order valence-electron chi connectivity index (χ1n) is 6.93. The molecule has 21 heavy (non-hydrogen) atoms. The molecule has 0 aliphatic carbocycles. The zero-order valence-corrected chi connectivity index (χ0v) is 12.2. The van der Waals surface area contributed by atoms with Gasteiger partial charge in [-0.3, -0.25) is 4.79 Å². The van der Waals surface area contributed by atoms with Gasteiger partial charge in [-0.1, -0.05) is 19.1 Å². The molecule has 2 aromatic rings. The Bertz CT molecular complexity index is 611. The largest absolute Gasteiger partial charge is 0.354 e. The zero-order chi connectivity index (χ0) is 15.2. The van der Waals surface area contributed by atoms with Crippen LogP contribution in [0.3, 0.4) is 0 Å². The highest BCUT2D eigenvalue weighted by atomic mass is 19.1. The summed E-state index contributed by atoms with van der Waals surface area (Å²) >= 11 is 0. The molecule has 0 aliphatic rings. The molecule has 1 amide bonds. The summed E-state index contributed by atoms with van der Waals surface area (Å²) < 4.78 is 15.0. The first-order chi connectivity index (χ1) is 10.1. The van der Waals surface area contributed by atoms with E-state index in [1.165, 1.54) is 12.1 Å². The number of carbonyl (C=O) groups excluding carboxylic acids is 1. The van der Waals surface area contributed by atoms with E-state index in [1.807, 2.05) is 24.5 Å². The average Bonchev–Trinajstić information content (AvgIpc) is 2.84. The van der Waals surface area contributed by atoms with Gasteiger partial charge in [-0.15, -0.1) is 10.2 Å². The average molecular weight is 290 g/mol. The topological polar surface area (TPSA) is 59.8 Å². The standard InChI is InChI=1S/C15H19FN4O/c1-11(13-4-3-5-14(16)9-13)8-15(21)17-6-7-20-10-18-19-12(20)2/h3-5,9-11H,6-8H2,1-2H3,(H,17,21)/t11-/m1/s1. The van der Waals surface area contributed by atoms with Crippen LogP contribution in [-0.4, -0.2) is 27.2 Å². The maximum Gasteiger partial charge on any atom is 0.220 e. The maximum atomic E-state index is 13.1. The summed E-state index contributed by atoms with van der Waals surface area (Å²) in [6, 6.07) is 6.37. The molecular formula is C15H19FN4O. The van der Waals surface area contributed by atoms with E-state index in [-0.39, 0.29) is 17.6 Å². The van der Waals surface area contributed by atoms with Crippen LogP contribution < -0.4 is 5.32 Å². The number of aromatic nitrogens is 3. The molecular weight excluding hydrogens is 271 g/mol. The number of halogens is 1. The zero-order valence-electron chi connectivity index (χ0n) is 12.2. The smallest absolute Gasteiger partial charge is 0.220 e. The van der Waals surface area contributed by atoms with Gasteiger partial charge in [0, 0.05) is 19.5 Å². The molecule has 1 atom stereocenters. The summed E-state index contributed by atoms with van der Waals surface area (Å²) in [6.07, 6.45) is 1.97. The van der Waals surface area contributed by atoms with Crippen LogP contribution in [-0.2, 0) is 11.3 Å². The normalized spacial score (nSPS) is 12.1. The number of nitrogens with one attached hydrogen (secondary N) is 1. The molecule has 0 saturated heterocycles. The van der Waals surface area contributed by atoms with Gasteiger partial charge < -0.3 is 9.88 Å². The minimum atomic E-state index is -0.275. The van der Waals surface area contributed by atoms with Crippen molar-refractivity contribution >= 4 is 5.91 Å². The Kier molecular flexibility index (Phi) is 5.03. The van der Waals surface area contributed by atoms with Crippen molar-refractivity contribution in [2.45, 2.75) is 32.7 Å². The number of nitrogens with zero attached hydrogens (tertiary/aromatic N) is 3. The minimum Gasteiger partial charge on any atom is -0.354 e. The Morgan fingerprint density at radius 3 is 2.95 bits per heavy atom. The number of rotatable bonds is 6. The van der Waals surface area contributed by atoms with Crippen LogP contribution in [0.2, 0.25) is 0 Å². The van der Waals surface area contributed by atoms with Crippen molar-refractivity contribution in [3.05, 3.63) is 47.8 Å². The summed E-state index contributed by atoms with van der Waals surface area (Å²) in [5.74, 6) is 0.482. The molecule has 1 aromatic carbocycles. The highest BCUT2D eigenvalue weighted by molar-refractivity contribution is 5.76. The van der Waals surface area contributed by atoms with Crippen molar-refractivity contribution in [2.24, 2.45) is 0 Å². The molecule has 112 valence electrons. The van der Waals surface area contributed by atoms with Gasteiger partial charge in [-0.2, -0.15) is 0 Å². The number of aryl methyl sites for hydroxylation is 1. The van der Waals surface area contributed by atoms with Crippen LogP contribution >= 0.6 is 0 Å². The van der Waals surface area contributed by atoms with Gasteiger partial charge >= 0.3 is 0 Å². The molecule has 0 fully saturated rings. The van der Waals surface area contributed by atoms with Gasteiger partial charge in [-0.25, -0.2) is 4.39 Å². The van der Waals surface area contributed by atoms with E-state index in [1.54, 1.807) is 12.4 Å². The molecule has 0 spiro atoms. The number of carbonyl (C=O) groups is 1. The molecule has 2 rings (SSSR count). The lowest BCUT2D eigenvalue weighted by Gasteiger charge is -2.12. The van der Waals surface area contributed by atoms with E-state index in [2.05, 4.69) is 15.5 Å². The summed E-state index contributed by atoms with van der Waals surface area (Å²) in [6.45, 7) is 4.94. The van der Waals surface area contributed by atoms with Gasteiger partial charge in [-0.05, 0) is 30.5 Å². The van der Waals surface area contributed by atoms with E-state index < -0.39 is 0 Å². The summed E-state index contributed by atoms with van der Waals surface area (Å²) in [5, 5.41) is 10.5. The van der Waals surface area contributed by atoms with E-state index >= 15 is 0 Å². The molecule has 6 heteroatoms. The van der Waals surface area contributed by atoms with Crippen LogP contribution in [0, 0.1) is 12.7 Å². The fraction of sp³-hybridized carbons (Fsp3) is 0.400. The highest BCUT2D eigenvalue weighted by Gasteiger charge is 2.11. The van der Waals surface area contributed by atoms with Crippen molar-refractivity contribution in [1.29, 1.82) is 0 Å². The van der Waals surface area contributed by atoms with Gasteiger partial charge in [0.25, 0.3) is 0 Å².